The molecule has 0 spiro atoms. The first-order valence-corrected chi connectivity index (χ1v) is 9.32. The Morgan fingerprint density at radius 3 is 1.75 bits per heavy atom. The molecular weight excluding hydrogens is 310 g/mol. The highest BCUT2D eigenvalue weighted by atomic mass is 32.2. The maximum absolute atomic E-state index is 2.34. The molecule has 3 aromatic carbocycles. The number of fused-ring (bicyclic) bond motifs is 2. The predicted octanol–water partition coefficient (Wildman–Crippen LogP) is 6.40. The second kappa shape index (κ2) is 6.12. The zero-order valence-corrected chi connectivity index (χ0v) is 15.0. The van der Waals surface area contributed by atoms with Crippen molar-refractivity contribution in [1.82, 2.24) is 4.48 Å². The van der Waals surface area contributed by atoms with Crippen LogP contribution >= 0.6 is 11.8 Å². The molecule has 0 aromatic heterocycles. The third kappa shape index (κ3) is 2.38. The van der Waals surface area contributed by atoms with Crippen LogP contribution in [0.1, 0.15) is 19.4 Å². The minimum absolute atomic E-state index is 0.452. The molecule has 0 fully saturated rings. The summed E-state index contributed by atoms with van der Waals surface area (Å²) in [4.78, 5) is 2.75. The number of nitrogens with zero attached hydrogens (tertiary/aromatic N) is 1. The Balaban J connectivity index is 1.98. The summed E-state index contributed by atoms with van der Waals surface area (Å²) >= 11 is 1.90. The van der Waals surface area contributed by atoms with Crippen molar-refractivity contribution in [3.05, 3.63) is 84.4 Å². The Bertz CT molecular complexity index is 809. The largest absolute Gasteiger partial charge is 0.251 e. The monoisotopic (exact) mass is 332 g/mol. The smallest absolute Gasteiger partial charge is 0.152 e. The fourth-order valence-corrected chi connectivity index (χ4v) is 4.98. The summed E-state index contributed by atoms with van der Waals surface area (Å²) in [6.45, 7) is 5.66. The van der Waals surface area contributed by atoms with Crippen LogP contribution in [-0.4, -0.2) is 6.04 Å². The van der Waals surface area contributed by atoms with E-state index in [2.05, 4.69) is 92.7 Å². The van der Waals surface area contributed by atoms with Crippen molar-refractivity contribution in [3.8, 4) is 0 Å². The van der Waals surface area contributed by atoms with Crippen molar-refractivity contribution in [2.24, 2.45) is 0 Å². The molecule has 0 atom stereocenters. The third-order valence-electron chi connectivity index (χ3n) is 4.97. The second-order valence-corrected chi connectivity index (χ2v) is 7.73. The highest BCUT2D eigenvalue weighted by Gasteiger charge is 2.43. The summed E-state index contributed by atoms with van der Waals surface area (Å²) in [6.07, 6.45) is 0. The number of para-hydroxylation sites is 2. The molecule has 24 heavy (non-hydrogen) atoms. The van der Waals surface area contributed by atoms with Gasteiger partial charge in [-0.05, 0) is 26.0 Å². The molecular formula is C22H22NS+. The molecule has 0 unspecified atom stereocenters. The van der Waals surface area contributed by atoms with Gasteiger partial charge in [-0.3, -0.25) is 4.48 Å². The number of rotatable bonds is 3. The summed E-state index contributed by atoms with van der Waals surface area (Å²) in [6, 6.07) is 29.1. The van der Waals surface area contributed by atoms with E-state index in [0.717, 1.165) is 11.0 Å². The maximum atomic E-state index is 2.34. The first kappa shape index (κ1) is 15.5. The lowest BCUT2D eigenvalue weighted by molar-refractivity contribution is 0.300. The van der Waals surface area contributed by atoms with Gasteiger partial charge in [-0.25, -0.2) is 0 Å². The van der Waals surface area contributed by atoms with E-state index in [-0.39, 0.29) is 0 Å². The molecule has 0 amide bonds. The van der Waals surface area contributed by atoms with E-state index < -0.39 is 0 Å². The molecule has 3 aromatic rings. The van der Waals surface area contributed by atoms with Gasteiger partial charge in [0.05, 0.1) is 15.8 Å². The van der Waals surface area contributed by atoms with Gasteiger partial charge in [-0.15, -0.1) is 0 Å². The molecule has 1 aliphatic rings. The highest BCUT2D eigenvalue weighted by molar-refractivity contribution is 7.99. The van der Waals surface area contributed by atoms with Gasteiger partial charge >= 0.3 is 0 Å². The number of hydrogen-bond donors (Lipinski definition) is 0. The molecule has 120 valence electrons. The fraction of sp³-hybridized carbons (Fsp3) is 0.182. The Morgan fingerprint density at radius 1 is 0.708 bits per heavy atom. The number of quaternary nitrogens is 1. The van der Waals surface area contributed by atoms with Gasteiger partial charge in [-0.2, -0.15) is 0 Å². The van der Waals surface area contributed by atoms with Gasteiger partial charge in [0.15, 0.2) is 11.4 Å². The summed E-state index contributed by atoms with van der Waals surface area (Å²) in [5.41, 5.74) is 4.21. The minimum atomic E-state index is 0.452. The van der Waals surface area contributed by atoms with E-state index in [0.29, 0.717) is 6.04 Å². The average molecular weight is 332 g/mol. The Hall–Kier alpha value is -2.03. The standard InChI is InChI=1S/C22H22NS/c1-17(2)23(16-18-10-4-3-5-11-18)19-12-6-8-14-21(19)24-22-15-9-7-13-20(22)23/h3-15,17H,16H2,1-2H3/q+1. The average Bonchev–Trinajstić information content (AvgIpc) is 2.62. The van der Waals surface area contributed by atoms with E-state index >= 15 is 0 Å². The zero-order valence-electron chi connectivity index (χ0n) is 14.1. The van der Waals surface area contributed by atoms with Gasteiger partial charge in [-0.1, -0.05) is 66.4 Å². The van der Waals surface area contributed by atoms with Gasteiger partial charge in [0.25, 0.3) is 0 Å². The summed E-state index contributed by atoms with van der Waals surface area (Å²) in [7, 11) is 0. The van der Waals surface area contributed by atoms with Crippen molar-refractivity contribution in [1.29, 1.82) is 0 Å². The zero-order chi connectivity index (χ0) is 16.6. The lowest BCUT2D eigenvalue weighted by Crippen LogP contribution is -2.50. The van der Waals surface area contributed by atoms with Crippen LogP contribution in [0.3, 0.4) is 0 Å². The Kier molecular flexibility index (Phi) is 3.95. The van der Waals surface area contributed by atoms with Crippen LogP contribution in [0.5, 0.6) is 0 Å². The molecule has 0 aliphatic carbocycles. The Labute approximate surface area is 148 Å². The van der Waals surface area contributed by atoms with Crippen LogP contribution in [0, 0.1) is 0 Å². The summed E-state index contributed by atoms with van der Waals surface area (Å²) < 4.78 is 0.878. The number of benzene rings is 3. The van der Waals surface area contributed by atoms with E-state index in [1.807, 2.05) is 11.8 Å². The highest BCUT2D eigenvalue weighted by Crippen LogP contribution is 2.54. The SMILES string of the molecule is CC(C)[N+]1(Cc2ccccc2)c2ccccc2Sc2ccccc21. The molecule has 1 aliphatic heterocycles. The summed E-state index contributed by atoms with van der Waals surface area (Å²) in [5.74, 6) is 0. The molecule has 2 heteroatoms. The molecule has 1 nitrogen and oxygen atoms in total. The van der Waals surface area contributed by atoms with Gasteiger partial charge in [0, 0.05) is 17.7 Å². The van der Waals surface area contributed by atoms with Crippen LogP contribution in [0.25, 0.3) is 0 Å². The number of hydrogen-bond acceptors (Lipinski definition) is 1. The van der Waals surface area contributed by atoms with Crippen molar-refractivity contribution in [2.75, 3.05) is 0 Å². The normalized spacial score (nSPS) is 15.0. The van der Waals surface area contributed by atoms with Crippen molar-refractivity contribution in [3.63, 3.8) is 0 Å². The van der Waals surface area contributed by atoms with E-state index in [9.17, 15) is 0 Å². The fourth-order valence-electron chi connectivity index (χ4n) is 3.78. The molecule has 0 bridgehead atoms. The van der Waals surface area contributed by atoms with E-state index in [1.165, 1.54) is 26.7 Å². The topological polar surface area (TPSA) is 0 Å². The molecule has 0 saturated carbocycles. The molecule has 1 heterocycles. The first-order chi connectivity index (χ1) is 11.7. The minimum Gasteiger partial charge on any atom is -0.251 e. The predicted molar refractivity (Wildman–Crippen MR) is 104 cm³/mol. The Morgan fingerprint density at radius 2 is 1.21 bits per heavy atom. The van der Waals surface area contributed by atoms with Crippen LogP contribution in [-0.2, 0) is 6.54 Å². The van der Waals surface area contributed by atoms with E-state index in [1.54, 1.807) is 0 Å². The van der Waals surface area contributed by atoms with Crippen LogP contribution in [0.15, 0.2) is 88.7 Å². The van der Waals surface area contributed by atoms with Crippen molar-refractivity contribution >= 4 is 23.1 Å². The lowest BCUT2D eigenvalue weighted by Gasteiger charge is -2.45. The van der Waals surface area contributed by atoms with Crippen molar-refractivity contribution < 1.29 is 0 Å². The van der Waals surface area contributed by atoms with Crippen molar-refractivity contribution in [2.45, 2.75) is 36.2 Å². The first-order valence-electron chi connectivity index (χ1n) is 8.50. The van der Waals surface area contributed by atoms with Crippen LogP contribution in [0.4, 0.5) is 11.4 Å². The quantitative estimate of drug-likeness (QED) is 0.500. The van der Waals surface area contributed by atoms with Crippen LogP contribution in [0.2, 0.25) is 0 Å². The lowest BCUT2D eigenvalue weighted by atomic mass is 10.0. The van der Waals surface area contributed by atoms with Gasteiger partial charge < -0.3 is 0 Å². The maximum Gasteiger partial charge on any atom is 0.152 e. The van der Waals surface area contributed by atoms with Gasteiger partial charge in [0.2, 0.25) is 0 Å². The van der Waals surface area contributed by atoms with E-state index in [4.69, 9.17) is 0 Å². The molecule has 0 radical (unpaired) electrons. The second-order valence-electron chi connectivity index (χ2n) is 6.64. The molecule has 4 rings (SSSR count). The molecule has 0 saturated heterocycles. The third-order valence-corrected chi connectivity index (χ3v) is 6.10. The van der Waals surface area contributed by atoms with Crippen LogP contribution < -0.4 is 4.48 Å². The summed E-state index contributed by atoms with van der Waals surface area (Å²) in [5, 5.41) is 0. The van der Waals surface area contributed by atoms with Gasteiger partial charge in [0.1, 0.15) is 6.54 Å². The molecule has 0 N–H and O–H groups in total.